The van der Waals surface area contributed by atoms with Gasteiger partial charge >= 0.3 is 0 Å². The van der Waals surface area contributed by atoms with Crippen LogP contribution in [0.5, 0.6) is 0 Å². The molecule has 0 bridgehead atoms. The van der Waals surface area contributed by atoms with Gasteiger partial charge in [0.25, 0.3) is 0 Å². The van der Waals surface area contributed by atoms with Crippen molar-refractivity contribution in [1.29, 1.82) is 0 Å². The number of benzene rings is 1. The number of ether oxygens (including phenoxy) is 1. The van der Waals surface area contributed by atoms with E-state index in [0.29, 0.717) is 6.10 Å². The van der Waals surface area contributed by atoms with Crippen LogP contribution in [0, 0.1) is 0 Å². The van der Waals surface area contributed by atoms with Crippen molar-refractivity contribution in [2.24, 2.45) is 0 Å². The van der Waals surface area contributed by atoms with Gasteiger partial charge in [0.15, 0.2) is 0 Å². The van der Waals surface area contributed by atoms with Crippen molar-refractivity contribution in [3.63, 3.8) is 0 Å². The minimum atomic E-state index is 0.309. The molecule has 4 heteroatoms. The standard InChI is InChI=1S/C14H23N3O/c1-12(18-2)11-16-6-8-17(9-7-16)14-5-3-4-13(15)10-14/h3-5,10,12H,6-9,11,15H2,1-2H3. The van der Waals surface area contributed by atoms with Crippen molar-refractivity contribution in [3.05, 3.63) is 24.3 Å². The summed E-state index contributed by atoms with van der Waals surface area (Å²) in [6.07, 6.45) is 0.309. The number of hydrogen-bond donors (Lipinski definition) is 1. The molecule has 0 spiro atoms. The van der Waals surface area contributed by atoms with E-state index in [0.717, 1.165) is 38.4 Å². The number of nitrogens with zero attached hydrogens (tertiary/aromatic N) is 2. The summed E-state index contributed by atoms with van der Waals surface area (Å²) in [6.45, 7) is 7.41. The molecule has 1 aliphatic rings. The first-order chi connectivity index (χ1) is 8.69. The van der Waals surface area contributed by atoms with Crippen LogP contribution >= 0.6 is 0 Å². The van der Waals surface area contributed by atoms with Crippen molar-refractivity contribution in [3.8, 4) is 0 Å². The molecule has 1 unspecified atom stereocenters. The van der Waals surface area contributed by atoms with Crippen LogP contribution in [0.3, 0.4) is 0 Å². The molecule has 0 saturated carbocycles. The second-order valence-electron chi connectivity index (χ2n) is 4.93. The first-order valence-electron chi connectivity index (χ1n) is 6.54. The van der Waals surface area contributed by atoms with E-state index >= 15 is 0 Å². The Labute approximate surface area is 109 Å². The molecule has 0 radical (unpaired) electrons. The third-order valence-corrected chi connectivity index (χ3v) is 3.53. The van der Waals surface area contributed by atoms with Crippen LogP contribution in [0.15, 0.2) is 24.3 Å². The fraction of sp³-hybridized carbons (Fsp3) is 0.571. The van der Waals surface area contributed by atoms with Crippen LogP contribution in [0.1, 0.15) is 6.92 Å². The molecule has 2 N–H and O–H groups in total. The van der Waals surface area contributed by atoms with E-state index in [1.807, 2.05) is 18.2 Å². The summed E-state index contributed by atoms with van der Waals surface area (Å²) in [6, 6.07) is 8.13. The molecular formula is C14H23N3O. The van der Waals surface area contributed by atoms with Gasteiger partial charge < -0.3 is 15.4 Å². The van der Waals surface area contributed by atoms with Crippen molar-refractivity contribution >= 4 is 11.4 Å². The largest absolute Gasteiger partial charge is 0.399 e. The molecule has 0 amide bonds. The highest BCUT2D eigenvalue weighted by Gasteiger charge is 2.18. The smallest absolute Gasteiger partial charge is 0.0670 e. The highest BCUT2D eigenvalue weighted by atomic mass is 16.5. The van der Waals surface area contributed by atoms with Crippen molar-refractivity contribution in [2.75, 3.05) is 50.5 Å². The number of nitrogen functional groups attached to an aromatic ring is 1. The summed E-state index contributed by atoms with van der Waals surface area (Å²) in [5.74, 6) is 0. The van der Waals surface area contributed by atoms with E-state index in [2.05, 4.69) is 22.8 Å². The number of piperazine rings is 1. The average Bonchev–Trinajstić information content (AvgIpc) is 2.39. The van der Waals surface area contributed by atoms with E-state index < -0.39 is 0 Å². The van der Waals surface area contributed by atoms with Crippen LogP contribution in [-0.4, -0.2) is 50.8 Å². The summed E-state index contributed by atoms with van der Waals surface area (Å²) in [5.41, 5.74) is 7.89. The van der Waals surface area contributed by atoms with Crippen LogP contribution in [-0.2, 0) is 4.74 Å². The van der Waals surface area contributed by atoms with Gasteiger partial charge in [-0.25, -0.2) is 0 Å². The molecule has 18 heavy (non-hydrogen) atoms. The van der Waals surface area contributed by atoms with E-state index in [1.54, 1.807) is 7.11 Å². The molecule has 1 saturated heterocycles. The highest BCUT2D eigenvalue weighted by Crippen LogP contribution is 2.19. The summed E-state index contributed by atoms with van der Waals surface area (Å²) in [5, 5.41) is 0. The van der Waals surface area contributed by atoms with Crippen LogP contribution in [0.4, 0.5) is 11.4 Å². The van der Waals surface area contributed by atoms with Gasteiger partial charge in [0, 0.05) is 51.2 Å². The van der Waals surface area contributed by atoms with Crippen molar-refractivity contribution in [1.82, 2.24) is 4.90 Å². The maximum Gasteiger partial charge on any atom is 0.0670 e. The zero-order valence-corrected chi connectivity index (χ0v) is 11.3. The maximum atomic E-state index is 5.82. The van der Waals surface area contributed by atoms with Gasteiger partial charge in [-0.15, -0.1) is 0 Å². The molecule has 4 nitrogen and oxygen atoms in total. The van der Waals surface area contributed by atoms with E-state index in [1.165, 1.54) is 5.69 Å². The van der Waals surface area contributed by atoms with Crippen molar-refractivity contribution < 1.29 is 4.74 Å². The molecule has 2 rings (SSSR count). The third-order valence-electron chi connectivity index (χ3n) is 3.53. The zero-order chi connectivity index (χ0) is 13.0. The Morgan fingerprint density at radius 1 is 1.28 bits per heavy atom. The Kier molecular flexibility index (Phi) is 4.44. The van der Waals surface area contributed by atoms with E-state index in [4.69, 9.17) is 10.5 Å². The van der Waals surface area contributed by atoms with Gasteiger partial charge in [-0.3, -0.25) is 4.90 Å². The number of methoxy groups -OCH3 is 1. The molecule has 1 aromatic rings. The Morgan fingerprint density at radius 3 is 2.61 bits per heavy atom. The first kappa shape index (κ1) is 13.2. The summed E-state index contributed by atoms with van der Waals surface area (Å²) in [7, 11) is 1.77. The molecule has 1 atom stereocenters. The second kappa shape index (κ2) is 6.07. The minimum Gasteiger partial charge on any atom is -0.399 e. The molecule has 1 fully saturated rings. The summed E-state index contributed by atoms with van der Waals surface area (Å²) >= 11 is 0. The SMILES string of the molecule is COC(C)CN1CCN(c2cccc(N)c2)CC1. The Hall–Kier alpha value is -1.26. The monoisotopic (exact) mass is 249 g/mol. The topological polar surface area (TPSA) is 41.7 Å². The van der Waals surface area contributed by atoms with Gasteiger partial charge in [0.05, 0.1) is 6.10 Å². The molecule has 1 aromatic carbocycles. The Morgan fingerprint density at radius 2 is 2.00 bits per heavy atom. The van der Waals surface area contributed by atoms with Gasteiger partial charge in [-0.05, 0) is 25.1 Å². The Bertz CT molecular complexity index is 375. The van der Waals surface area contributed by atoms with Crippen molar-refractivity contribution in [2.45, 2.75) is 13.0 Å². The maximum absolute atomic E-state index is 5.82. The second-order valence-corrected chi connectivity index (χ2v) is 4.93. The first-order valence-corrected chi connectivity index (χ1v) is 6.54. The predicted octanol–water partition coefficient (Wildman–Crippen LogP) is 1.43. The minimum absolute atomic E-state index is 0.309. The molecule has 100 valence electrons. The number of hydrogen-bond acceptors (Lipinski definition) is 4. The molecule has 0 aromatic heterocycles. The lowest BCUT2D eigenvalue weighted by Crippen LogP contribution is -2.48. The van der Waals surface area contributed by atoms with Crippen LogP contribution in [0.25, 0.3) is 0 Å². The van der Waals surface area contributed by atoms with Gasteiger partial charge in [0.2, 0.25) is 0 Å². The lowest BCUT2D eigenvalue weighted by molar-refractivity contribution is 0.0749. The number of anilines is 2. The third kappa shape index (κ3) is 3.37. The normalized spacial score (nSPS) is 18.9. The fourth-order valence-corrected chi connectivity index (χ4v) is 2.35. The quantitative estimate of drug-likeness (QED) is 0.820. The van der Waals surface area contributed by atoms with Crippen LogP contribution in [0.2, 0.25) is 0 Å². The predicted molar refractivity (Wildman–Crippen MR) is 76.0 cm³/mol. The molecule has 0 aliphatic carbocycles. The highest BCUT2D eigenvalue weighted by molar-refractivity contribution is 5.56. The average molecular weight is 249 g/mol. The van der Waals surface area contributed by atoms with Gasteiger partial charge in [-0.1, -0.05) is 6.07 Å². The lowest BCUT2D eigenvalue weighted by atomic mass is 10.2. The van der Waals surface area contributed by atoms with E-state index in [9.17, 15) is 0 Å². The van der Waals surface area contributed by atoms with Gasteiger partial charge in [-0.2, -0.15) is 0 Å². The lowest BCUT2D eigenvalue weighted by Gasteiger charge is -2.37. The summed E-state index contributed by atoms with van der Waals surface area (Å²) in [4.78, 5) is 4.85. The van der Waals surface area contributed by atoms with Gasteiger partial charge in [0.1, 0.15) is 0 Å². The number of rotatable bonds is 4. The number of nitrogens with two attached hydrogens (primary N) is 1. The fourth-order valence-electron chi connectivity index (χ4n) is 2.35. The van der Waals surface area contributed by atoms with Crippen LogP contribution < -0.4 is 10.6 Å². The molecular weight excluding hydrogens is 226 g/mol. The summed E-state index contributed by atoms with van der Waals surface area (Å²) < 4.78 is 5.31. The molecule has 1 aliphatic heterocycles. The molecule has 1 heterocycles. The zero-order valence-electron chi connectivity index (χ0n) is 11.3. The Balaban J connectivity index is 1.87. The van der Waals surface area contributed by atoms with E-state index in [-0.39, 0.29) is 0 Å².